The Balaban J connectivity index is 1.63. The minimum atomic E-state index is -0.487. The number of fused-ring (bicyclic) bond motifs is 1. The van der Waals surface area contributed by atoms with Crippen LogP contribution in [0.25, 0.3) is 11.1 Å². The average Bonchev–Trinajstić information content (AvgIpc) is 2.58. The third-order valence-electron chi connectivity index (χ3n) is 4.47. The van der Waals surface area contributed by atoms with E-state index in [9.17, 15) is 4.39 Å². The molecule has 4 rings (SSSR count). The van der Waals surface area contributed by atoms with Crippen molar-refractivity contribution in [1.29, 1.82) is 0 Å². The van der Waals surface area contributed by atoms with Crippen LogP contribution in [0.2, 0.25) is 5.02 Å². The van der Waals surface area contributed by atoms with Crippen molar-refractivity contribution in [2.24, 2.45) is 0 Å². The molecule has 0 aromatic heterocycles. The van der Waals surface area contributed by atoms with Crippen molar-refractivity contribution < 1.29 is 13.9 Å². The number of rotatable bonds is 1. The van der Waals surface area contributed by atoms with Crippen molar-refractivity contribution in [1.82, 2.24) is 5.32 Å². The molecule has 2 heterocycles. The zero-order chi connectivity index (χ0) is 15.9. The van der Waals surface area contributed by atoms with Gasteiger partial charge < -0.3 is 14.8 Å². The lowest BCUT2D eigenvalue weighted by Crippen LogP contribution is -2.49. The Bertz CT molecular complexity index is 744. The quantitative estimate of drug-likeness (QED) is 0.851. The van der Waals surface area contributed by atoms with Gasteiger partial charge in [0.2, 0.25) is 5.79 Å². The van der Waals surface area contributed by atoms with Crippen LogP contribution in [0.15, 0.2) is 36.4 Å². The third-order valence-corrected chi connectivity index (χ3v) is 4.76. The van der Waals surface area contributed by atoms with Crippen LogP contribution in [0, 0.1) is 5.82 Å². The lowest BCUT2D eigenvalue weighted by atomic mass is 10.00. The van der Waals surface area contributed by atoms with Gasteiger partial charge in [-0.25, -0.2) is 4.39 Å². The lowest BCUT2D eigenvalue weighted by Gasteiger charge is -2.41. The van der Waals surface area contributed by atoms with Crippen LogP contribution < -0.4 is 10.1 Å². The summed E-state index contributed by atoms with van der Waals surface area (Å²) in [5, 5.41) is 3.44. The highest BCUT2D eigenvalue weighted by atomic mass is 35.5. The second-order valence-corrected chi connectivity index (χ2v) is 6.41. The Morgan fingerprint density at radius 1 is 1.04 bits per heavy atom. The van der Waals surface area contributed by atoms with Crippen LogP contribution in [-0.4, -0.2) is 18.9 Å². The van der Waals surface area contributed by atoms with Crippen molar-refractivity contribution in [2.75, 3.05) is 13.1 Å². The molecule has 120 valence electrons. The Morgan fingerprint density at radius 2 is 1.78 bits per heavy atom. The smallest absolute Gasteiger partial charge is 0.213 e. The fourth-order valence-corrected chi connectivity index (χ4v) is 3.32. The number of piperidine rings is 1. The van der Waals surface area contributed by atoms with E-state index in [0.717, 1.165) is 48.4 Å². The maximum atomic E-state index is 13.3. The largest absolute Gasteiger partial charge is 0.462 e. The summed E-state index contributed by atoms with van der Waals surface area (Å²) in [6.45, 7) is 2.33. The van der Waals surface area contributed by atoms with Crippen LogP contribution in [0.3, 0.4) is 0 Å². The summed E-state index contributed by atoms with van der Waals surface area (Å²) in [7, 11) is 0. The number of halogens is 2. The van der Waals surface area contributed by atoms with Crippen molar-refractivity contribution in [3.8, 4) is 16.9 Å². The van der Waals surface area contributed by atoms with Crippen LogP contribution in [-0.2, 0) is 11.3 Å². The van der Waals surface area contributed by atoms with E-state index in [1.165, 1.54) is 6.07 Å². The molecule has 1 spiro atoms. The molecule has 0 atom stereocenters. The van der Waals surface area contributed by atoms with Crippen LogP contribution in [0.5, 0.6) is 5.75 Å². The summed E-state index contributed by atoms with van der Waals surface area (Å²) in [6, 6.07) is 10.7. The van der Waals surface area contributed by atoms with E-state index in [4.69, 9.17) is 21.1 Å². The Labute approximate surface area is 139 Å². The highest BCUT2D eigenvalue weighted by molar-refractivity contribution is 6.31. The van der Waals surface area contributed by atoms with Crippen LogP contribution >= 0.6 is 11.6 Å². The molecule has 1 saturated heterocycles. The molecule has 0 radical (unpaired) electrons. The standard InChI is InChI=1S/C18H17ClFNO2/c19-15-10-13(1-3-16(15)20)12-2-4-17-14(9-12)11-22-18(23-17)5-7-21-8-6-18/h1-4,9-10,21H,5-8,11H2. The molecule has 0 unspecified atom stereocenters. The first-order valence-electron chi connectivity index (χ1n) is 7.77. The molecule has 2 aromatic carbocycles. The van der Waals surface area contributed by atoms with E-state index in [0.29, 0.717) is 6.61 Å². The summed E-state index contributed by atoms with van der Waals surface area (Å²) in [5.41, 5.74) is 2.85. The Kier molecular flexibility index (Phi) is 3.76. The summed E-state index contributed by atoms with van der Waals surface area (Å²) < 4.78 is 25.5. The number of hydrogen-bond acceptors (Lipinski definition) is 3. The highest BCUT2D eigenvalue weighted by Gasteiger charge is 2.38. The van der Waals surface area contributed by atoms with Crippen molar-refractivity contribution in [2.45, 2.75) is 25.2 Å². The Morgan fingerprint density at radius 3 is 2.57 bits per heavy atom. The molecule has 3 nitrogen and oxygen atoms in total. The van der Waals surface area contributed by atoms with Gasteiger partial charge in [0, 0.05) is 31.5 Å². The van der Waals surface area contributed by atoms with E-state index in [2.05, 4.69) is 5.32 Å². The summed E-state index contributed by atoms with van der Waals surface area (Å²) >= 11 is 5.87. The van der Waals surface area contributed by atoms with E-state index in [-0.39, 0.29) is 5.02 Å². The van der Waals surface area contributed by atoms with Gasteiger partial charge in [-0.05, 0) is 35.4 Å². The van der Waals surface area contributed by atoms with Gasteiger partial charge in [0.15, 0.2) is 0 Å². The molecule has 0 saturated carbocycles. The molecule has 5 heteroatoms. The molecule has 2 aliphatic heterocycles. The average molecular weight is 334 g/mol. The van der Waals surface area contributed by atoms with Gasteiger partial charge in [-0.3, -0.25) is 0 Å². The topological polar surface area (TPSA) is 30.5 Å². The van der Waals surface area contributed by atoms with E-state index in [1.807, 2.05) is 18.2 Å². The first-order valence-corrected chi connectivity index (χ1v) is 8.15. The zero-order valence-corrected chi connectivity index (χ0v) is 13.3. The number of ether oxygens (including phenoxy) is 2. The minimum absolute atomic E-state index is 0.126. The fraction of sp³-hybridized carbons (Fsp3) is 0.333. The van der Waals surface area contributed by atoms with Gasteiger partial charge in [0.1, 0.15) is 11.6 Å². The zero-order valence-electron chi connectivity index (χ0n) is 12.6. The minimum Gasteiger partial charge on any atom is -0.462 e. The summed E-state index contributed by atoms with van der Waals surface area (Å²) in [4.78, 5) is 0. The van der Waals surface area contributed by atoms with Gasteiger partial charge in [0.05, 0.1) is 11.6 Å². The van der Waals surface area contributed by atoms with E-state index in [1.54, 1.807) is 12.1 Å². The van der Waals surface area contributed by atoms with Crippen LogP contribution in [0.1, 0.15) is 18.4 Å². The van der Waals surface area contributed by atoms with Crippen molar-refractivity contribution in [3.05, 3.63) is 52.8 Å². The molecule has 1 fully saturated rings. The van der Waals surface area contributed by atoms with Gasteiger partial charge in [-0.2, -0.15) is 0 Å². The molecule has 1 N–H and O–H groups in total. The van der Waals surface area contributed by atoms with Gasteiger partial charge >= 0.3 is 0 Å². The summed E-state index contributed by atoms with van der Waals surface area (Å²) in [6.07, 6.45) is 1.70. The maximum Gasteiger partial charge on any atom is 0.213 e. The number of hydrogen-bond donors (Lipinski definition) is 1. The summed E-state index contributed by atoms with van der Waals surface area (Å²) in [5.74, 6) is -0.0260. The molecular weight excluding hydrogens is 317 g/mol. The first kappa shape index (κ1) is 14.9. The van der Waals surface area contributed by atoms with Crippen molar-refractivity contribution >= 4 is 11.6 Å². The third kappa shape index (κ3) is 2.82. The van der Waals surface area contributed by atoms with Gasteiger partial charge in [-0.1, -0.05) is 23.7 Å². The SMILES string of the molecule is Fc1ccc(-c2ccc3c(c2)COC2(CCNCC2)O3)cc1Cl. The van der Waals surface area contributed by atoms with Crippen molar-refractivity contribution in [3.63, 3.8) is 0 Å². The second-order valence-electron chi connectivity index (χ2n) is 6.00. The van der Waals surface area contributed by atoms with E-state index >= 15 is 0 Å². The van der Waals surface area contributed by atoms with Gasteiger partial charge in [-0.15, -0.1) is 0 Å². The predicted octanol–water partition coefficient (Wildman–Crippen LogP) is 4.13. The second kappa shape index (κ2) is 5.78. The predicted molar refractivity (Wildman–Crippen MR) is 87.1 cm³/mol. The molecule has 2 aromatic rings. The highest BCUT2D eigenvalue weighted by Crippen LogP contribution is 2.38. The number of benzene rings is 2. The molecular formula is C18H17ClFNO2. The lowest BCUT2D eigenvalue weighted by molar-refractivity contribution is -0.218. The Hall–Kier alpha value is -1.62. The molecule has 23 heavy (non-hydrogen) atoms. The van der Waals surface area contributed by atoms with Crippen LogP contribution in [0.4, 0.5) is 4.39 Å². The molecule has 2 aliphatic rings. The molecule has 0 bridgehead atoms. The van der Waals surface area contributed by atoms with Gasteiger partial charge in [0.25, 0.3) is 0 Å². The monoisotopic (exact) mass is 333 g/mol. The fourth-order valence-electron chi connectivity index (χ4n) is 3.14. The van der Waals surface area contributed by atoms with E-state index < -0.39 is 11.6 Å². The maximum absolute atomic E-state index is 13.3. The molecule has 0 amide bonds. The number of nitrogens with one attached hydrogen (secondary N) is 1. The first-order chi connectivity index (χ1) is 11.2. The normalized spacial score (nSPS) is 19.2. The molecule has 0 aliphatic carbocycles.